The van der Waals surface area contributed by atoms with E-state index in [-0.39, 0.29) is 11.9 Å². The van der Waals surface area contributed by atoms with Crippen molar-refractivity contribution in [2.24, 2.45) is 11.8 Å². The summed E-state index contributed by atoms with van der Waals surface area (Å²) < 4.78 is 0. The van der Waals surface area contributed by atoms with E-state index in [1.165, 1.54) is 25.7 Å². The van der Waals surface area contributed by atoms with E-state index >= 15 is 0 Å². The molecule has 4 rings (SSSR count). The van der Waals surface area contributed by atoms with E-state index in [1.54, 1.807) is 0 Å². The van der Waals surface area contributed by atoms with Crippen molar-refractivity contribution in [2.45, 2.75) is 37.8 Å². The Morgan fingerprint density at radius 2 is 1.89 bits per heavy atom. The first-order valence-corrected chi connectivity index (χ1v) is 7.46. The molecule has 0 radical (unpaired) electrons. The lowest BCUT2D eigenvalue weighted by Gasteiger charge is -2.22. The smallest absolute Gasteiger partial charge is 0.246 e. The largest absolute Gasteiger partial charge is 0.324 e. The van der Waals surface area contributed by atoms with Gasteiger partial charge in [0.05, 0.1) is 0 Å². The lowest BCUT2D eigenvalue weighted by atomic mass is 10.0. The van der Waals surface area contributed by atoms with Crippen LogP contribution >= 0.6 is 11.6 Å². The Morgan fingerprint density at radius 1 is 1.21 bits per heavy atom. The van der Waals surface area contributed by atoms with E-state index in [0.29, 0.717) is 11.1 Å². The number of amides is 1. The number of hydrogen-bond acceptors (Lipinski definition) is 2. The van der Waals surface area contributed by atoms with Crippen molar-refractivity contribution in [1.29, 1.82) is 0 Å². The van der Waals surface area contributed by atoms with Crippen LogP contribution in [0.4, 0.5) is 5.69 Å². The molecule has 3 aliphatic rings. The highest BCUT2D eigenvalue weighted by Crippen LogP contribution is 2.46. The number of carbonyl (C=O) groups excluding carboxylic acids is 1. The van der Waals surface area contributed by atoms with Crippen LogP contribution in [-0.2, 0) is 4.79 Å². The van der Waals surface area contributed by atoms with Gasteiger partial charge in [-0.2, -0.15) is 0 Å². The highest BCUT2D eigenvalue weighted by atomic mass is 35.5. The first-order chi connectivity index (χ1) is 9.22. The lowest BCUT2D eigenvalue weighted by molar-refractivity contribution is -0.117. The summed E-state index contributed by atoms with van der Waals surface area (Å²) in [6.07, 6.45) is 5.24. The first kappa shape index (κ1) is 11.7. The topological polar surface area (TPSA) is 41.1 Å². The molecule has 1 unspecified atom stereocenters. The minimum absolute atomic E-state index is 0.0589. The second-order valence-corrected chi connectivity index (χ2v) is 6.46. The zero-order valence-electron chi connectivity index (χ0n) is 10.7. The maximum absolute atomic E-state index is 12.1. The van der Waals surface area contributed by atoms with Crippen molar-refractivity contribution in [2.75, 3.05) is 5.32 Å². The molecule has 2 saturated carbocycles. The van der Waals surface area contributed by atoms with Gasteiger partial charge in [0.1, 0.15) is 6.04 Å². The molecule has 2 N–H and O–H groups in total. The van der Waals surface area contributed by atoms with Crippen molar-refractivity contribution in [3.63, 3.8) is 0 Å². The third-order valence-electron chi connectivity index (χ3n) is 4.46. The van der Waals surface area contributed by atoms with Crippen LogP contribution in [0.1, 0.15) is 37.3 Å². The van der Waals surface area contributed by atoms with E-state index in [2.05, 4.69) is 10.6 Å². The summed E-state index contributed by atoms with van der Waals surface area (Å²) in [4.78, 5) is 12.1. The third kappa shape index (κ3) is 2.15. The van der Waals surface area contributed by atoms with Crippen molar-refractivity contribution < 1.29 is 4.79 Å². The quantitative estimate of drug-likeness (QED) is 0.887. The van der Waals surface area contributed by atoms with Crippen LogP contribution in [0, 0.1) is 11.8 Å². The van der Waals surface area contributed by atoms with Crippen LogP contribution in [0.5, 0.6) is 0 Å². The highest BCUT2D eigenvalue weighted by Gasteiger charge is 2.44. The number of fused-ring (bicyclic) bond motifs is 1. The Bertz CT molecular complexity index is 525. The van der Waals surface area contributed by atoms with Gasteiger partial charge in [-0.05, 0) is 55.7 Å². The molecule has 2 fully saturated rings. The van der Waals surface area contributed by atoms with Crippen LogP contribution in [0.15, 0.2) is 18.2 Å². The van der Waals surface area contributed by atoms with Gasteiger partial charge in [-0.3, -0.25) is 10.1 Å². The number of benzene rings is 1. The van der Waals surface area contributed by atoms with Gasteiger partial charge >= 0.3 is 0 Å². The fourth-order valence-corrected chi connectivity index (χ4v) is 3.34. The normalized spacial score (nSPS) is 25.6. The molecule has 4 heteroatoms. The fraction of sp³-hybridized carbons (Fsp3) is 0.533. The minimum atomic E-state index is -0.222. The second kappa shape index (κ2) is 4.22. The van der Waals surface area contributed by atoms with E-state index in [1.807, 2.05) is 18.2 Å². The van der Waals surface area contributed by atoms with Crippen molar-refractivity contribution in [1.82, 2.24) is 5.32 Å². The molecule has 2 aliphatic carbocycles. The Hall–Kier alpha value is -1.06. The maximum Gasteiger partial charge on any atom is 0.246 e. The summed E-state index contributed by atoms with van der Waals surface area (Å²) in [5.74, 6) is 1.62. The van der Waals surface area contributed by atoms with Crippen LogP contribution < -0.4 is 10.6 Å². The van der Waals surface area contributed by atoms with Gasteiger partial charge in [0.15, 0.2) is 0 Å². The van der Waals surface area contributed by atoms with Gasteiger partial charge < -0.3 is 5.32 Å². The molecule has 19 heavy (non-hydrogen) atoms. The van der Waals surface area contributed by atoms with Crippen molar-refractivity contribution in [3.05, 3.63) is 28.8 Å². The molecule has 0 bridgehead atoms. The average molecular weight is 277 g/mol. The van der Waals surface area contributed by atoms with Gasteiger partial charge in [-0.25, -0.2) is 0 Å². The zero-order valence-corrected chi connectivity index (χ0v) is 11.4. The molecule has 100 valence electrons. The van der Waals surface area contributed by atoms with Gasteiger partial charge in [0, 0.05) is 22.3 Å². The van der Waals surface area contributed by atoms with Crippen LogP contribution in [0.3, 0.4) is 0 Å². The number of nitrogens with one attached hydrogen (secondary N) is 2. The Kier molecular flexibility index (Phi) is 2.61. The Balaban J connectivity index is 1.60. The molecular weight excluding hydrogens is 260 g/mol. The second-order valence-electron chi connectivity index (χ2n) is 6.02. The molecule has 1 aromatic rings. The molecule has 1 aromatic carbocycles. The predicted octanol–water partition coefficient (Wildman–Crippen LogP) is 3.11. The van der Waals surface area contributed by atoms with E-state index in [0.717, 1.165) is 23.1 Å². The summed E-state index contributed by atoms with van der Waals surface area (Å²) in [5.41, 5.74) is 1.90. The molecule has 0 saturated heterocycles. The number of carbonyl (C=O) groups is 1. The molecule has 3 nitrogen and oxygen atoms in total. The fourth-order valence-electron chi connectivity index (χ4n) is 3.16. The van der Waals surface area contributed by atoms with Crippen molar-refractivity contribution >= 4 is 23.2 Å². The number of hydrogen-bond donors (Lipinski definition) is 2. The molecule has 1 aliphatic heterocycles. The molecular formula is C15H17ClN2O. The predicted molar refractivity (Wildman–Crippen MR) is 75.2 cm³/mol. The standard InChI is InChI=1S/C15H17ClN2O/c16-10-5-6-12-11(7-10)14(15(19)17-12)18-13(8-1-2-8)9-3-4-9/h5-9,13-14,18H,1-4H2,(H,17,19). The van der Waals surface area contributed by atoms with Crippen LogP contribution in [0.2, 0.25) is 5.02 Å². The van der Waals surface area contributed by atoms with Crippen molar-refractivity contribution in [3.8, 4) is 0 Å². The summed E-state index contributed by atoms with van der Waals surface area (Å²) >= 11 is 6.06. The molecule has 1 amide bonds. The summed E-state index contributed by atoms with van der Waals surface area (Å²) in [6, 6.07) is 5.91. The van der Waals surface area contributed by atoms with Crippen LogP contribution in [0.25, 0.3) is 0 Å². The minimum Gasteiger partial charge on any atom is -0.324 e. The Morgan fingerprint density at radius 3 is 2.53 bits per heavy atom. The molecule has 0 spiro atoms. The first-order valence-electron chi connectivity index (χ1n) is 7.09. The van der Waals surface area contributed by atoms with Gasteiger partial charge in [0.2, 0.25) is 5.91 Å². The number of anilines is 1. The Labute approximate surface area is 117 Å². The lowest BCUT2D eigenvalue weighted by Crippen LogP contribution is -2.39. The molecule has 1 heterocycles. The van der Waals surface area contributed by atoms with E-state index in [4.69, 9.17) is 11.6 Å². The van der Waals surface area contributed by atoms with Gasteiger partial charge in [-0.1, -0.05) is 11.6 Å². The monoisotopic (exact) mass is 276 g/mol. The average Bonchev–Trinajstić information content (AvgIpc) is 3.25. The van der Waals surface area contributed by atoms with E-state index < -0.39 is 0 Å². The van der Waals surface area contributed by atoms with Gasteiger partial charge in [0.25, 0.3) is 0 Å². The molecule has 1 atom stereocenters. The summed E-state index contributed by atoms with van der Waals surface area (Å²) in [6.45, 7) is 0. The van der Waals surface area contributed by atoms with E-state index in [9.17, 15) is 4.79 Å². The number of rotatable bonds is 4. The summed E-state index contributed by atoms with van der Waals surface area (Å²) in [5, 5.41) is 7.23. The zero-order chi connectivity index (χ0) is 13.0. The third-order valence-corrected chi connectivity index (χ3v) is 4.70. The maximum atomic E-state index is 12.1. The molecule has 0 aromatic heterocycles. The summed E-state index contributed by atoms with van der Waals surface area (Å²) in [7, 11) is 0. The highest BCUT2D eigenvalue weighted by molar-refractivity contribution is 6.31. The SMILES string of the molecule is O=C1Nc2ccc(Cl)cc2C1NC(C1CC1)C1CC1. The van der Waals surface area contributed by atoms with Gasteiger partial charge in [-0.15, -0.1) is 0 Å². The number of halogens is 1. The van der Waals surface area contributed by atoms with Crippen LogP contribution in [-0.4, -0.2) is 11.9 Å².